The molecule has 2 aliphatic heterocycles. The van der Waals surface area contributed by atoms with E-state index in [1.165, 1.54) is 23.1 Å². The number of aromatic nitrogens is 3. The number of ether oxygens (including phenoxy) is 1. The number of hydrogen-bond acceptors (Lipinski definition) is 11. The monoisotopic (exact) mass is 789 g/mol. The standard InChI is InChI=1S/C39H44FN7O8S/c1-4-25-20-30(45-55-25)33(48)42-29-15-9-7-5-6-8-12-24-13-11-17-39(24,37(51)46-56(52,53)38(3)18-19-38)44-34(49)31-21-26(22-47(31)36(29)50)54-35-23(2)41-28-16-10-14-27(40)32(28)43-35/h8,10,12,14,16,20,24,26,29,31H,4-7,9,13,15,18-19,21-22H2,1-3H3,(H,42,48)(H,44,49)(H,46,51)/b12-8-/t24?,26-,29+,31+,39-/m1/s1. The van der Waals surface area contributed by atoms with Gasteiger partial charge in [-0.2, -0.15) is 0 Å². The lowest BCUT2D eigenvalue weighted by Gasteiger charge is -2.34. The summed E-state index contributed by atoms with van der Waals surface area (Å²) in [6.07, 6.45) is 6.95. The molecular formula is C39H44FN7O8S. The van der Waals surface area contributed by atoms with Crippen molar-refractivity contribution in [3.05, 3.63) is 59.4 Å². The van der Waals surface area contributed by atoms with Crippen LogP contribution in [-0.2, 0) is 30.8 Å². The van der Waals surface area contributed by atoms with Crippen LogP contribution >= 0.6 is 0 Å². The van der Waals surface area contributed by atoms with Gasteiger partial charge in [-0.25, -0.2) is 27.5 Å². The summed E-state index contributed by atoms with van der Waals surface area (Å²) in [5.74, 6) is 1.95. The summed E-state index contributed by atoms with van der Waals surface area (Å²) in [5.41, 5.74) is -1.32. The van der Waals surface area contributed by atoms with Gasteiger partial charge in [-0.3, -0.25) is 19.2 Å². The minimum atomic E-state index is -4.12. The second kappa shape index (κ2) is 15.3. The van der Waals surface area contributed by atoms with Gasteiger partial charge in [-0.1, -0.05) is 55.0 Å². The van der Waals surface area contributed by atoms with E-state index in [2.05, 4.69) is 42.3 Å². The number of sulfonamides is 1. The van der Waals surface area contributed by atoms with E-state index in [4.69, 9.17) is 9.26 Å². The molecule has 15 nitrogen and oxygen atoms in total. The Labute approximate surface area is 323 Å². The van der Waals surface area contributed by atoms with Crippen LogP contribution in [0.3, 0.4) is 0 Å². The summed E-state index contributed by atoms with van der Waals surface area (Å²) in [4.78, 5) is 66.9. The fourth-order valence-corrected chi connectivity index (χ4v) is 8.59. The maximum absolute atomic E-state index is 14.7. The van der Waals surface area contributed by atoms with E-state index in [1.807, 2.05) is 13.0 Å². The Kier molecular flexibility index (Phi) is 10.6. The second-order valence-corrected chi connectivity index (χ2v) is 17.3. The van der Waals surface area contributed by atoms with Gasteiger partial charge in [-0.15, -0.1) is 0 Å². The number of halogens is 1. The maximum Gasteiger partial charge on any atom is 0.274 e. The van der Waals surface area contributed by atoms with Crippen LogP contribution in [0.25, 0.3) is 11.0 Å². The average molecular weight is 790 g/mol. The van der Waals surface area contributed by atoms with E-state index in [-0.39, 0.29) is 42.9 Å². The van der Waals surface area contributed by atoms with E-state index in [0.717, 1.165) is 6.42 Å². The maximum atomic E-state index is 14.7. The number of benzene rings is 1. The molecule has 0 spiro atoms. The van der Waals surface area contributed by atoms with Crippen LogP contribution in [0.4, 0.5) is 4.39 Å². The van der Waals surface area contributed by atoms with E-state index in [1.54, 1.807) is 26.0 Å². The summed E-state index contributed by atoms with van der Waals surface area (Å²) < 4.78 is 53.9. The van der Waals surface area contributed by atoms with Gasteiger partial charge in [-0.05, 0) is 58.1 Å². The first-order valence-corrected chi connectivity index (χ1v) is 20.4. The molecule has 0 bridgehead atoms. The Bertz CT molecular complexity index is 2280. The molecule has 1 saturated heterocycles. The Morgan fingerprint density at radius 2 is 1.98 bits per heavy atom. The predicted octanol–water partition coefficient (Wildman–Crippen LogP) is 3.17. The number of allylic oxidation sites excluding steroid dienone is 1. The first-order chi connectivity index (χ1) is 26.7. The number of aryl methyl sites for hydroxylation is 2. The molecular weight excluding hydrogens is 746 g/mol. The van der Waals surface area contributed by atoms with Gasteiger partial charge in [0, 0.05) is 31.2 Å². The van der Waals surface area contributed by atoms with E-state index in [0.29, 0.717) is 55.5 Å². The van der Waals surface area contributed by atoms with Gasteiger partial charge in [0.25, 0.3) is 11.8 Å². The normalized spacial score (nSPS) is 26.8. The van der Waals surface area contributed by atoms with Crippen molar-refractivity contribution in [3.8, 4) is 17.7 Å². The van der Waals surface area contributed by atoms with E-state index >= 15 is 0 Å². The third-order valence-electron chi connectivity index (χ3n) is 11.1. The quantitative estimate of drug-likeness (QED) is 0.224. The van der Waals surface area contributed by atoms with Gasteiger partial charge >= 0.3 is 0 Å². The molecule has 3 aromatic rings. The number of rotatable bonds is 8. The van der Waals surface area contributed by atoms with Crippen molar-refractivity contribution >= 4 is 44.7 Å². The molecule has 1 saturated carbocycles. The zero-order valence-electron chi connectivity index (χ0n) is 31.4. The summed E-state index contributed by atoms with van der Waals surface area (Å²) >= 11 is 0. The summed E-state index contributed by atoms with van der Waals surface area (Å²) in [5, 5.41) is 9.43. The zero-order chi connectivity index (χ0) is 39.8. The van der Waals surface area contributed by atoms with Crippen molar-refractivity contribution in [2.45, 2.75) is 113 Å². The molecule has 7 rings (SSSR count). The number of carbonyl (C=O) groups is 4. The average Bonchev–Trinajstić information content (AvgIpc) is 3.49. The van der Waals surface area contributed by atoms with Crippen LogP contribution in [0.15, 0.2) is 40.9 Å². The Hall–Kier alpha value is -5.37. The van der Waals surface area contributed by atoms with Crippen LogP contribution in [-0.4, -0.2) is 87.1 Å². The molecule has 2 aromatic heterocycles. The first-order valence-electron chi connectivity index (χ1n) is 19.0. The Balaban J connectivity index is 1.23. The highest BCUT2D eigenvalue weighted by Gasteiger charge is 2.56. The highest BCUT2D eigenvalue weighted by molar-refractivity contribution is 7.91. The molecule has 1 aromatic carbocycles. The van der Waals surface area contributed by atoms with Gasteiger partial charge in [0.15, 0.2) is 17.1 Å². The zero-order valence-corrected chi connectivity index (χ0v) is 32.2. The summed E-state index contributed by atoms with van der Waals surface area (Å²) in [6.45, 7) is 4.89. The fraction of sp³-hybridized carbons (Fsp3) is 0.513. The SMILES string of the molecule is CCc1cc(C(=O)N[C@H]2CCCCC/C=C\C3CC#C[C@@]3(C(=O)NS(=O)(=O)C3(C)CC3)NC(=O)[C@@H]3C[C@@H](Oc4nc5c(F)cccc5nc4C)CN3C2=O)no1. The Morgan fingerprint density at radius 3 is 2.73 bits per heavy atom. The smallest absolute Gasteiger partial charge is 0.274 e. The molecule has 4 aliphatic rings. The molecule has 5 atom stereocenters. The van der Waals surface area contributed by atoms with Crippen LogP contribution in [0.1, 0.15) is 93.6 Å². The molecule has 1 unspecified atom stereocenters. The summed E-state index contributed by atoms with van der Waals surface area (Å²) in [6, 6.07) is 3.52. The molecule has 4 heterocycles. The van der Waals surface area contributed by atoms with Gasteiger partial charge in [0.1, 0.15) is 35.2 Å². The summed E-state index contributed by atoms with van der Waals surface area (Å²) in [7, 11) is -4.12. The minimum absolute atomic E-state index is 0.000924. The Morgan fingerprint density at radius 1 is 1.18 bits per heavy atom. The number of carbonyl (C=O) groups excluding carboxylic acids is 4. The number of nitrogens with zero attached hydrogens (tertiary/aromatic N) is 4. The highest BCUT2D eigenvalue weighted by atomic mass is 32.2. The number of nitrogens with one attached hydrogen (secondary N) is 3. The number of para-hydroxylation sites is 1. The lowest BCUT2D eigenvalue weighted by molar-refractivity contribution is -0.141. The number of hydrogen-bond donors (Lipinski definition) is 3. The van der Waals surface area contributed by atoms with Crippen LogP contribution in [0.2, 0.25) is 0 Å². The molecule has 17 heteroatoms. The van der Waals surface area contributed by atoms with E-state index in [9.17, 15) is 32.0 Å². The van der Waals surface area contributed by atoms with Crippen molar-refractivity contribution < 1.29 is 41.2 Å². The third kappa shape index (κ3) is 7.58. The van der Waals surface area contributed by atoms with Gasteiger partial charge in [0.05, 0.1) is 16.8 Å². The molecule has 56 heavy (non-hydrogen) atoms. The van der Waals surface area contributed by atoms with Crippen molar-refractivity contribution in [2.24, 2.45) is 5.92 Å². The van der Waals surface area contributed by atoms with Crippen LogP contribution in [0.5, 0.6) is 5.88 Å². The second-order valence-electron chi connectivity index (χ2n) is 15.1. The van der Waals surface area contributed by atoms with Crippen LogP contribution in [0, 0.1) is 30.5 Å². The number of amides is 4. The lowest BCUT2D eigenvalue weighted by Crippen LogP contribution is -2.65. The van der Waals surface area contributed by atoms with Crippen molar-refractivity contribution in [1.29, 1.82) is 0 Å². The van der Waals surface area contributed by atoms with Crippen molar-refractivity contribution in [2.75, 3.05) is 6.54 Å². The third-order valence-corrected chi connectivity index (χ3v) is 13.2. The molecule has 3 N–H and O–H groups in total. The fourth-order valence-electron chi connectivity index (χ4n) is 7.30. The van der Waals surface area contributed by atoms with Gasteiger partial charge < -0.3 is 24.8 Å². The molecule has 4 amide bonds. The van der Waals surface area contributed by atoms with Crippen molar-refractivity contribution in [1.82, 2.24) is 35.4 Å². The first kappa shape index (κ1) is 38.9. The van der Waals surface area contributed by atoms with Crippen molar-refractivity contribution in [3.63, 3.8) is 0 Å². The van der Waals surface area contributed by atoms with E-state index < -0.39 is 73.9 Å². The lowest BCUT2D eigenvalue weighted by atomic mass is 9.84. The molecule has 2 fully saturated rings. The predicted molar refractivity (Wildman–Crippen MR) is 200 cm³/mol. The molecule has 296 valence electrons. The minimum Gasteiger partial charge on any atom is -0.471 e. The van der Waals surface area contributed by atoms with Gasteiger partial charge in [0.2, 0.25) is 27.7 Å². The topological polar surface area (TPSA) is 203 Å². The van der Waals surface area contributed by atoms with Crippen LogP contribution < -0.4 is 20.1 Å². The highest BCUT2D eigenvalue weighted by Crippen LogP contribution is 2.42. The largest absolute Gasteiger partial charge is 0.471 e. The molecule has 0 radical (unpaired) electrons. The number of fused-ring (bicyclic) bond motifs is 3. The molecule has 2 aliphatic carbocycles.